The molecule has 1 amide bonds. The Bertz CT molecular complexity index is 1100. The van der Waals surface area contributed by atoms with Gasteiger partial charge in [-0.15, -0.1) is 0 Å². The summed E-state index contributed by atoms with van der Waals surface area (Å²) in [4.78, 5) is 17.8. The van der Waals surface area contributed by atoms with Gasteiger partial charge in [0.25, 0.3) is 0 Å². The third kappa shape index (κ3) is 5.54. The normalized spacial score (nSPS) is 20.4. The van der Waals surface area contributed by atoms with E-state index in [0.717, 1.165) is 58.3 Å². The molecular weight excluding hydrogens is 487 g/mol. The SMILES string of the molecule is CN(C[C@@H](CCN1CCC2(C=Cc3ccccc32)CC1)c1ccc(Cl)c(Cl)c1)C(=O)C1CCCCC1. The smallest absolute Gasteiger partial charge is 0.225 e. The van der Waals surface area contributed by atoms with Crippen LogP contribution >= 0.6 is 23.2 Å². The van der Waals surface area contributed by atoms with Gasteiger partial charge >= 0.3 is 0 Å². The number of halogens is 2. The first-order chi connectivity index (χ1) is 17.4. The first-order valence-corrected chi connectivity index (χ1v) is 14.4. The molecule has 192 valence electrons. The van der Waals surface area contributed by atoms with E-state index in [9.17, 15) is 4.79 Å². The molecular formula is C31H38Cl2N2O. The molecule has 2 aromatic rings. The molecule has 0 bridgehead atoms. The van der Waals surface area contributed by atoms with Crippen LogP contribution in [0.25, 0.3) is 6.08 Å². The van der Waals surface area contributed by atoms with Gasteiger partial charge in [0.2, 0.25) is 5.91 Å². The first-order valence-electron chi connectivity index (χ1n) is 13.7. The maximum atomic E-state index is 13.2. The number of nitrogens with zero attached hydrogens (tertiary/aromatic N) is 2. The number of allylic oxidation sites excluding steroid dienone is 1. The molecule has 3 nitrogen and oxygen atoms in total. The summed E-state index contributed by atoms with van der Waals surface area (Å²) in [6.07, 6.45) is 13.8. The van der Waals surface area contributed by atoms with E-state index in [1.807, 2.05) is 24.1 Å². The number of benzene rings is 2. The van der Waals surface area contributed by atoms with Crippen LogP contribution in [-0.4, -0.2) is 48.9 Å². The molecule has 5 heteroatoms. The van der Waals surface area contributed by atoms with Gasteiger partial charge in [-0.3, -0.25) is 4.79 Å². The van der Waals surface area contributed by atoms with Crippen molar-refractivity contribution in [1.29, 1.82) is 0 Å². The highest BCUT2D eigenvalue weighted by Gasteiger charge is 2.37. The van der Waals surface area contributed by atoms with Crippen LogP contribution in [0, 0.1) is 5.92 Å². The maximum absolute atomic E-state index is 13.2. The zero-order valence-corrected chi connectivity index (χ0v) is 22.9. The minimum atomic E-state index is 0.193. The van der Waals surface area contributed by atoms with Crippen LogP contribution in [0.5, 0.6) is 0 Å². The van der Waals surface area contributed by atoms with Gasteiger partial charge in [0.15, 0.2) is 0 Å². The van der Waals surface area contributed by atoms with Gasteiger partial charge in [0.1, 0.15) is 0 Å². The minimum Gasteiger partial charge on any atom is -0.345 e. The van der Waals surface area contributed by atoms with Crippen molar-refractivity contribution < 1.29 is 4.79 Å². The lowest BCUT2D eigenvalue weighted by atomic mass is 9.74. The molecule has 1 saturated carbocycles. The molecule has 0 unspecified atom stereocenters. The lowest BCUT2D eigenvalue weighted by molar-refractivity contribution is -0.135. The number of rotatable bonds is 7. The predicted octanol–water partition coefficient (Wildman–Crippen LogP) is 7.57. The van der Waals surface area contributed by atoms with Gasteiger partial charge in [-0.05, 0) is 80.6 Å². The summed E-state index contributed by atoms with van der Waals surface area (Å²) >= 11 is 12.6. The van der Waals surface area contributed by atoms with E-state index >= 15 is 0 Å². The number of amides is 1. The maximum Gasteiger partial charge on any atom is 0.225 e. The monoisotopic (exact) mass is 524 g/mol. The Hall–Kier alpha value is -1.81. The van der Waals surface area contributed by atoms with Gasteiger partial charge < -0.3 is 9.80 Å². The number of likely N-dealkylation sites (tertiary alicyclic amines) is 1. The fraction of sp³-hybridized carbons (Fsp3) is 0.516. The van der Waals surface area contributed by atoms with Gasteiger partial charge in [-0.2, -0.15) is 0 Å². The lowest BCUT2D eigenvalue weighted by Gasteiger charge is -2.40. The second-order valence-electron chi connectivity index (χ2n) is 11.1. The summed E-state index contributed by atoms with van der Waals surface area (Å²) in [6.45, 7) is 3.95. The van der Waals surface area contributed by atoms with E-state index in [1.165, 1.54) is 36.0 Å². The molecule has 1 aliphatic heterocycles. The predicted molar refractivity (Wildman–Crippen MR) is 151 cm³/mol. The summed E-state index contributed by atoms with van der Waals surface area (Å²) in [6, 6.07) is 14.8. The number of piperidine rings is 1. The highest BCUT2D eigenvalue weighted by molar-refractivity contribution is 6.42. The van der Waals surface area contributed by atoms with E-state index in [-0.39, 0.29) is 17.3 Å². The molecule has 2 aromatic carbocycles. The van der Waals surface area contributed by atoms with Crippen LogP contribution in [0.15, 0.2) is 48.5 Å². The summed E-state index contributed by atoms with van der Waals surface area (Å²) in [7, 11) is 1.98. The van der Waals surface area contributed by atoms with Crippen molar-refractivity contribution in [1.82, 2.24) is 9.80 Å². The lowest BCUT2D eigenvalue weighted by Crippen LogP contribution is -2.42. The number of likely N-dealkylation sites (N-methyl/N-ethyl adjacent to an activating group) is 1. The van der Waals surface area contributed by atoms with Gasteiger partial charge in [0, 0.05) is 30.8 Å². The zero-order chi connectivity index (χ0) is 25.1. The zero-order valence-electron chi connectivity index (χ0n) is 21.4. The first kappa shape index (κ1) is 25.8. The largest absolute Gasteiger partial charge is 0.345 e. The number of carbonyl (C=O) groups excluding carboxylic acids is 1. The molecule has 36 heavy (non-hydrogen) atoms. The summed E-state index contributed by atoms with van der Waals surface area (Å²) < 4.78 is 0. The van der Waals surface area contributed by atoms with Crippen molar-refractivity contribution in [2.24, 2.45) is 5.92 Å². The Morgan fingerprint density at radius 3 is 2.56 bits per heavy atom. The van der Waals surface area contributed by atoms with Crippen LogP contribution in [0.4, 0.5) is 0 Å². The van der Waals surface area contributed by atoms with Crippen LogP contribution in [-0.2, 0) is 10.2 Å². The van der Waals surface area contributed by atoms with Crippen LogP contribution < -0.4 is 0 Å². The highest BCUT2D eigenvalue weighted by atomic mass is 35.5. The van der Waals surface area contributed by atoms with E-state index in [4.69, 9.17) is 23.2 Å². The molecule has 1 spiro atoms. The van der Waals surface area contributed by atoms with Crippen LogP contribution in [0.2, 0.25) is 10.0 Å². The topological polar surface area (TPSA) is 23.6 Å². The Balaban J connectivity index is 1.23. The summed E-state index contributed by atoms with van der Waals surface area (Å²) in [5, 5.41) is 1.17. The van der Waals surface area contributed by atoms with Gasteiger partial charge in [-0.1, -0.05) is 84.9 Å². The van der Waals surface area contributed by atoms with E-state index in [0.29, 0.717) is 16.0 Å². The van der Waals surface area contributed by atoms with E-state index in [2.05, 4.69) is 47.4 Å². The van der Waals surface area contributed by atoms with Crippen molar-refractivity contribution in [3.63, 3.8) is 0 Å². The molecule has 3 aliphatic rings. The average Bonchev–Trinajstić information content (AvgIpc) is 3.27. The number of fused-ring (bicyclic) bond motifs is 2. The number of hydrogen-bond acceptors (Lipinski definition) is 2. The fourth-order valence-corrected chi connectivity index (χ4v) is 6.90. The number of carbonyl (C=O) groups is 1. The molecule has 1 heterocycles. The third-order valence-electron chi connectivity index (χ3n) is 8.86. The average molecular weight is 526 g/mol. The van der Waals surface area contributed by atoms with Crippen molar-refractivity contribution in [2.75, 3.05) is 33.2 Å². The Morgan fingerprint density at radius 2 is 1.81 bits per heavy atom. The Kier molecular flexibility index (Phi) is 8.10. The molecule has 2 fully saturated rings. The van der Waals surface area contributed by atoms with Crippen molar-refractivity contribution in [3.05, 3.63) is 75.3 Å². The van der Waals surface area contributed by atoms with Crippen molar-refractivity contribution >= 4 is 35.2 Å². The molecule has 1 saturated heterocycles. The number of hydrogen-bond donors (Lipinski definition) is 0. The summed E-state index contributed by atoms with van der Waals surface area (Å²) in [5.74, 6) is 0.741. The Labute approximate surface area is 226 Å². The Morgan fingerprint density at radius 1 is 1.06 bits per heavy atom. The summed E-state index contributed by atoms with van der Waals surface area (Å²) in [5.41, 5.74) is 4.27. The highest BCUT2D eigenvalue weighted by Crippen LogP contribution is 2.43. The molecule has 0 N–H and O–H groups in total. The molecule has 0 aromatic heterocycles. The van der Waals surface area contributed by atoms with Crippen LogP contribution in [0.1, 0.15) is 74.0 Å². The third-order valence-corrected chi connectivity index (χ3v) is 9.60. The minimum absolute atomic E-state index is 0.193. The second-order valence-corrected chi connectivity index (χ2v) is 11.9. The fourth-order valence-electron chi connectivity index (χ4n) is 6.60. The van der Waals surface area contributed by atoms with Gasteiger partial charge in [0.05, 0.1) is 10.0 Å². The van der Waals surface area contributed by atoms with Gasteiger partial charge in [-0.25, -0.2) is 0 Å². The molecule has 2 aliphatic carbocycles. The van der Waals surface area contributed by atoms with E-state index in [1.54, 1.807) is 0 Å². The molecule has 1 atom stereocenters. The molecule has 5 rings (SSSR count). The van der Waals surface area contributed by atoms with Crippen molar-refractivity contribution in [2.45, 2.75) is 62.7 Å². The van der Waals surface area contributed by atoms with Crippen LogP contribution in [0.3, 0.4) is 0 Å². The quantitative estimate of drug-likeness (QED) is 0.372. The molecule has 0 radical (unpaired) electrons. The van der Waals surface area contributed by atoms with Crippen molar-refractivity contribution in [3.8, 4) is 0 Å². The second kappa shape index (κ2) is 11.3. The van der Waals surface area contributed by atoms with E-state index < -0.39 is 0 Å². The standard InChI is InChI=1S/C31H38Cl2N2O/c1-34(30(36)24-8-3-2-4-9-24)22-26(25-11-12-28(32)29(33)21-25)14-18-35-19-16-31(17-20-35)15-13-23-7-5-6-10-27(23)31/h5-7,10-13,15,21,24,26H,2-4,8-9,14,16-20,22H2,1H3/t26-/m1/s1.